The SMILES string of the molecule is CN1[C@@H]2CC[C@H]1CC(n1cc3c4c(cccc4c1=O)CCC3)C2. The number of rotatable bonds is 1. The minimum atomic E-state index is 0.237. The summed E-state index contributed by atoms with van der Waals surface area (Å²) < 4.78 is 2.10. The second-order valence-corrected chi connectivity index (χ2v) is 7.74. The first-order valence-electron chi connectivity index (χ1n) is 9.10. The molecule has 1 unspecified atom stereocenters. The molecule has 0 spiro atoms. The molecule has 3 nitrogen and oxygen atoms in total. The number of piperidine rings is 1. The smallest absolute Gasteiger partial charge is 0.258 e. The van der Waals surface area contributed by atoms with E-state index in [4.69, 9.17) is 0 Å². The highest BCUT2D eigenvalue weighted by Crippen LogP contribution is 2.40. The molecule has 3 heteroatoms. The molecule has 0 amide bonds. The molecule has 23 heavy (non-hydrogen) atoms. The summed E-state index contributed by atoms with van der Waals surface area (Å²) in [6, 6.07) is 8.03. The van der Waals surface area contributed by atoms with E-state index >= 15 is 0 Å². The van der Waals surface area contributed by atoms with E-state index in [1.54, 1.807) is 0 Å². The van der Waals surface area contributed by atoms with E-state index in [0.29, 0.717) is 18.1 Å². The first-order valence-corrected chi connectivity index (χ1v) is 9.10. The van der Waals surface area contributed by atoms with Gasteiger partial charge in [-0.1, -0.05) is 12.1 Å². The van der Waals surface area contributed by atoms with Crippen LogP contribution in [0.4, 0.5) is 0 Å². The lowest BCUT2D eigenvalue weighted by Crippen LogP contribution is -2.42. The van der Waals surface area contributed by atoms with Crippen molar-refractivity contribution in [3.05, 3.63) is 45.9 Å². The molecule has 1 aliphatic carbocycles. The highest BCUT2D eigenvalue weighted by Gasteiger charge is 2.39. The van der Waals surface area contributed by atoms with Gasteiger partial charge in [0.15, 0.2) is 0 Å². The van der Waals surface area contributed by atoms with Crippen molar-refractivity contribution < 1.29 is 0 Å². The van der Waals surface area contributed by atoms with Crippen molar-refractivity contribution in [2.75, 3.05) is 7.05 Å². The van der Waals surface area contributed by atoms with Crippen LogP contribution in [0.1, 0.15) is 49.3 Å². The predicted molar refractivity (Wildman–Crippen MR) is 93.1 cm³/mol. The summed E-state index contributed by atoms with van der Waals surface area (Å²) in [6.45, 7) is 0. The summed E-state index contributed by atoms with van der Waals surface area (Å²) in [7, 11) is 2.26. The van der Waals surface area contributed by atoms with Crippen LogP contribution in [0.25, 0.3) is 10.8 Å². The van der Waals surface area contributed by atoms with Crippen molar-refractivity contribution in [1.82, 2.24) is 9.47 Å². The molecule has 1 aromatic heterocycles. The average molecular weight is 308 g/mol. The number of nitrogens with zero attached hydrogens (tertiary/aromatic N) is 2. The molecule has 0 radical (unpaired) electrons. The minimum Gasteiger partial charge on any atom is -0.312 e. The van der Waals surface area contributed by atoms with Crippen LogP contribution in [0.5, 0.6) is 0 Å². The Morgan fingerprint density at radius 3 is 2.52 bits per heavy atom. The number of hydrogen-bond acceptors (Lipinski definition) is 2. The minimum absolute atomic E-state index is 0.237. The maximum absolute atomic E-state index is 13.1. The number of aryl methyl sites for hydroxylation is 2. The molecule has 2 saturated heterocycles. The van der Waals surface area contributed by atoms with Crippen molar-refractivity contribution in [2.45, 2.75) is 63.1 Å². The Morgan fingerprint density at radius 1 is 1.00 bits per heavy atom. The molecular weight excluding hydrogens is 284 g/mol. The van der Waals surface area contributed by atoms with Crippen LogP contribution in [0.15, 0.2) is 29.2 Å². The molecule has 2 fully saturated rings. The molecule has 3 atom stereocenters. The van der Waals surface area contributed by atoms with Gasteiger partial charge >= 0.3 is 0 Å². The quantitative estimate of drug-likeness (QED) is 0.808. The molecular formula is C20H24N2O. The van der Waals surface area contributed by atoms with E-state index in [0.717, 1.165) is 31.1 Å². The molecule has 120 valence electrons. The van der Waals surface area contributed by atoms with Crippen LogP contribution in [0.3, 0.4) is 0 Å². The third-order valence-corrected chi connectivity index (χ3v) is 6.59. The number of benzene rings is 1. The molecule has 3 aliphatic rings. The van der Waals surface area contributed by atoms with Gasteiger partial charge in [-0.25, -0.2) is 0 Å². The maximum Gasteiger partial charge on any atom is 0.258 e. The van der Waals surface area contributed by atoms with E-state index in [1.807, 2.05) is 6.07 Å². The van der Waals surface area contributed by atoms with Gasteiger partial charge in [0.2, 0.25) is 0 Å². The molecule has 5 rings (SSSR count). The molecule has 2 aliphatic heterocycles. The fraction of sp³-hybridized carbons (Fsp3) is 0.550. The Kier molecular flexibility index (Phi) is 2.96. The first kappa shape index (κ1) is 13.8. The zero-order valence-corrected chi connectivity index (χ0v) is 13.8. The third kappa shape index (κ3) is 1.96. The van der Waals surface area contributed by atoms with Gasteiger partial charge < -0.3 is 9.47 Å². The topological polar surface area (TPSA) is 25.2 Å². The largest absolute Gasteiger partial charge is 0.312 e. The Bertz CT molecular complexity index is 823. The van der Waals surface area contributed by atoms with Crippen molar-refractivity contribution in [1.29, 1.82) is 0 Å². The van der Waals surface area contributed by atoms with Gasteiger partial charge in [0, 0.05) is 29.7 Å². The Morgan fingerprint density at radius 2 is 1.74 bits per heavy atom. The third-order valence-electron chi connectivity index (χ3n) is 6.59. The van der Waals surface area contributed by atoms with Crippen LogP contribution in [0, 0.1) is 0 Å². The van der Waals surface area contributed by atoms with E-state index < -0.39 is 0 Å². The summed E-state index contributed by atoms with van der Waals surface area (Å²) in [5.74, 6) is 0. The second-order valence-electron chi connectivity index (χ2n) is 7.74. The summed E-state index contributed by atoms with van der Waals surface area (Å²) in [4.78, 5) is 15.7. The molecule has 0 N–H and O–H groups in total. The van der Waals surface area contributed by atoms with Crippen LogP contribution < -0.4 is 5.56 Å². The molecule has 2 bridgehead atoms. The van der Waals surface area contributed by atoms with Crippen LogP contribution in [-0.2, 0) is 12.8 Å². The van der Waals surface area contributed by atoms with Crippen LogP contribution in [0.2, 0.25) is 0 Å². The first-order chi connectivity index (χ1) is 11.2. The van der Waals surface area contributed by atoms with Gasteiger partial charge in [0.05, 0.1) is 0 Å². The van der Waals surface area contributed by atoms with E-state index in [9.17, 15) is 4.79 Å². The lowest BCUT2D eigenvalue weighted by Gasteiger charge is -2.37. The van der Waals surface area contributed by atoms with E-state index in [1.165, 1.54) is 35.8 Å². The van der Waals surface area contributed by atoms with Gasteiger partial charge in [-0.3, -0.25) is 4.79 Å². The van der Waals surface area contributed by atoms with Gasteiger partial charge in [0.25, 0.3) is 5.56 Å². The number of hydrogen-bond donors (Lipinski definition) is 0. The normalized spacial score (nSPS) is 30.0. The van der Waals surface area contributed by atoms with Crippen molar-refractivity contribution in [3.63, 3.8) is 0 Å². The van der Waals surface area contributed by atoms with Crippen LogP contribution >= 0.6 is 0 Å². The summed E-state index contributed by atoms with van der Waals surface area (Å²) in [5, 5.41) is 2.21. The Hall–Kier alpha value is -1.61. The maximum atomic E-state index is 13.1. The van der Waals surface area contributed by atoms with Gasteiger partial charge in [0.1, 0.15) is 0 Å². The monoisotopic (exact) mass is 308 g/mol. The summed E-state index contributed by atoms with van der Waals surface area (Å²) >= 11 is 0. The zero-order valence-electron chi connectivity index (χ0n) is 13.8. The van der Waals surface area contributed by atoms with Crippen molar-refractivity contribution in [2.24, 2.45) is 0 Å². The average Bonchev–Trinajstić information content (AvgIpc) is 2.79. The Balaban J connectivity index is 1.66. The lowest BCUT2D eigenvalue weighted by molar-refractivity contribution is 0.136. The predicted octanol–water partition coefficient (Wildman–Crippen LogP) is 3.29. The van der Waals surface area contributed by atoms with Crippen LogP contribution in [-0.4, -0.2) is 28.6 Å². The highest BCUT2D eigenvalue weighted by atomic mass is 16.1. The second kappa shape index (κ2) is 4.94. The standard InChI is InChI=1S/C20H24N2O/c1-21-15-8-9-16(21)11-17(10-15)22-12-14-6-2-4-13-5-3-7-18(19(13)14)20(22)23/h3,5,7,12,15-17H,2,4,6,8-11H2,1H3/t15-,16+,17?. The molecule has 3 heterocycles. The number of pyridine rings is 1. The van der Waals surface area contributed by atoms with Crippen molar-refractivity contribution >= 4 is 10.8 Å². The fourth-order valence-electron chi connectivity index (χ4n) is 5.34. The van der Waals surface area contributed by atoms with E-state index in [-0.39, 0.29) is 5.56 Å². The molecule has 0 saturated carbocycles. The van der Waals surface area contributed by atoms with Crippen molar-refractivity contribution in [3.8, 4) is 0 Å². The van der Waals surface area contributed by atoms with Gasteiger partial charge in [-0.2, -0.15) is 0 Å². The number of aromatic nitrogens is 1. The van der Waals surface area contributed by atoms with Gasteiger partial charge in [-0.05, 0) is 74.6 Å². The number of fused-ring (bicyclic) bond motifs is 2. The summed E-state index contributed by atoms with van der Waals surface area (Å²) in [5.41, 5.74) is 3.01. The Labute approximate surface area is 136 Å². The van der Waals surface area contributed by atoms with E-state index in [2.05, 4.69) is 34.8 Å². The highest BCUT2D eigenvalue weighted by molar-refractivity contribution is 5.88. The molecule has 1 aromatic carbocycles. The molecule has 2 aromatic rings. The zero-order chi connectivity index (χ0) is 15.6. The fourth-order valence-corrected chi connectivity index (χ4v) is 5.34. The summed E-state index contributed by atoms with van der Waals surface area (Å²) in [6.07, 6.45) is 10.5. The van der Waals surface area contributed by atoms with Gasteiger partial charge in [-0.15, -0.1) is 0 Å². The lowest BCUT2D eigenvalue weighted by atomic mass is 9.89.